The van der Waals surface area contributed by atoms with Gasteiger partial charge < -0.3 is 5.11 Å². The second kappa shape index (κ2) is 11.4. The molecule has 24 heavy (non-hydrogen) atoms. The Morgan fingerprint density at radius 3 is 1.96 bits per heavy atom. The fourth-order valence-corrected chi connectivity index (χ4v) is 3.57. The van der Waals surface area contributed by atoms with E-state index in [4.69, 9.17) is 16.7 Å². The average Bonchev–Trinajstić information content (AvgIpc) is 2.52. The van der Waals surface area contributed by atoms with Gasteiger partial charge in [0, 0.05) is 18.0 Å². The number of benzene rings is 1. The number of unbranched alkanes of at least 4 members (excludes halogenated alkanes) is 7. The molecule has 0 aromatic heterocycles. The van der Waals surface area contributed by atoms with E-state index < -0.39 is 16.0 Å². The van der Waals surface area contributed by atoms with Gasteiger partial charge in [-0.25, -0.2) is 13.1 Å². The monoisotopic (exact) mass is 375 g/mol. The number of carbonyl (C=O) groups is 1. The van der Waals surface area contributed by atoms with E-state index in [-0.39, 0.29) is 11.3 Å². The van der Waals surface area contributed by atoms with Crippen LogP contribution in [0.3, 0.4) is 0 Å². The summed E-state index contributed by atoms with van der Waals surface area (Å²) in [6.45, 7) is 0.434. The molecule has 1 aromatic rings. The summed E-state index contributed by atoms with van der Waals surface area (Å²) in [5, 5.41) is 9.04. The topological polar surface area (TPSA) is 83.5 Å². The quantitative estimate of drug-likeness (QED) is 0.506. The standard InChI is InChI=1S/C17H26ClNO4S/c18-15-10-12-16(13-11-15)24(22,23)19-14-8-6-4-2-1-3-5-7-9-17(20)21/h10-13,19H,1-9,14H2,(H,20,21). The van der Waals surface area contributed by atoms with Crippen LogP contribution in [-0.2, 0) is 14.8 Å². The maximum Gasteiger partial charge on any atom is 0.303 e. The predicted molar refractivity (Wildman–Crippen MR) is 95.8 cm³/mol. The molecule has 5 nitrogen and oxygen atoms in total. The molecule has 0 atom stereocenters. The molecule has 1 rings (SSSR count). The lowest BCUT2D eigenvalue weighted by Gasteiger charge is -2.07. The first-order valence-corrected chi connectivity index (χ1v) is 10.2. The van der Waals surface area contributed by atoms with Crippen molar-refractivity contribution >= 4 is 27.6 Å². The minimum absolute atomic E-state index is 0.230. The molecule has 0 aliphatic carbocycles. The first-order chi connectivity index (χ1) is 11.4. The molecule has 2 N–H and O–H groups in total. The lowest BCUT2D eigenvalue weighted by Crippen LogP contribution is -2.24. The molecule has 0 fully saturated rings. The van der Waals surface area contributed by atoms with Crippen molar-refractivity contribution in [3.05, 3.63) is 29.3 Å². The van der Waals surface area contributed by atoms with Gasteiger partial charge in [-0.3, -0.25) is 4.79 Å². The van der Waals surface area contributed by atoms with E-state index >= 15 is 0 Å². The summed E-state index contributed by atoms with van der Waals surface area (Å²) in [6.07, 6.45) is 8.12. The number of halogens is 1. The lowest BCUT2D eigenvalue weighted by atomic mass is 10.1. The Morgan fingerprint density at radius 2 is 1.42 bits per heavy atom. The summed E-state index contributed by atoms with van der Waals surface area (Å²) in [7, 11) is -3.45. The molecule has 0 heterocycles. The summed E-state index contributed by atoms with van der Waals surface area (Å²) in [6, 6.07) is 6.11. The highest BCUT2D eigenvalue weighted by atomic mass is 35.5. The zero-order valence-electron chi connectivity index (χ0n) is 13.8. The highest BCUT2D eigenvalue weighted by molar-refractivity contribution is 7.89. The molecule has 7 heteroatoms. The van der Waals surface area contributed by atoms with Gasteiger partial charge in [0.05, 0.1) is 4.90 Å². The Kier molecular flexibility index (Phi) is 9.98. The van der Waals surface area contributed by atoms with Crippen LogP contribution in [0.4, 0.5) is 0 Å². The molecule has 1 aromatic carbocycles. The van der Waals surface area contributed by atoms with Crippen molar-refractivity contribution in [2.24, 2.45) is 0 Å². The van der Waals surface area contributed by atoms with Gasteiger partial charge in [-0.05, 0) is 37.1 Å². The van der Waals surface area contributed by atoms with E-state index in [0.717, 1.165) is 51.4 Å². The minimum Gasteiger partial charge on any atom is -0.481 e. The Morgan fingerprint density at radius 1 is 0.917 bits per heavy atom. The van der Waals surface area contributed by atoms with Crippen LogP contribution in [0.1, 0.15) is 57.8 Å². The fourth-order valence-electron chi connectivity index (χ4n) is 2.37. The lowest BCUT2D eigenvalue weighted by molar-refractivity contribution is -0.137. The van der Waals surface area contributed by atoms with E-state index in [0.29, 0.717) is 11.6 Å². The van der Waals surface area contributed by atoms with Gasteiger partial charge in [-0.2, -0.15) is 0 Å². The molecule has 0 aliphatic heterocycles. The molecule has 0 aliphatic rings. The molecule has 0 unspecified atom stereocenters. The number of carboxylic acid groups (broad SMARTS) is 1. The Labute approximate surface area is 149 Å². The summed E-state index contributed by atoms with van der Waals surface area (Å²) in [5.74, 6) is -0.726. The first kappa shape index (κ1) is 20.9. The van der Waals surface area contributed by atoms with Gasteiger partial charge in [0.1, 0.15) is 0 Å². The van der Waals surface area contributed by atoms with E-state index in [2.05, 4.69) is 4.72 Å². The van der Waals surface area contributed by atoms with E-state index in [9.17, 15) is 13.2 Å². The van der Waals surface area contributed by atoms with Crippen LogP contribution in [0.2, 0.25) is 5.02 Å². The third-order valence-electron chi connectivity index (χ3n) is 3.73. The normalized spacial score (nSPS) is 11.5. The SMILES string of the molecule is O=C(O)CCCCCCCCCCNS(=O)(=O)c1ccc(Cl)cc1. The van der Waals surface area contributed by atoms with Crippen LogP contribution in [0.25, 0.3) is 0 Å². The molecule has 0 bridgehead atoms. The molecule has 0 spiro atoms. The van der Waals surface area contributed by atoms with Crippen molar-refractivity contribution in [2.45, 2.75) is 62.7 Å². The number of nitrogens with one attached hydrogen (secondary N) is 1. The molecule has 0 radical (unpaired) electrons. The Balaban J connectivity index is 2.03. The Hall–Kier alpha value is -1.11. The Bertz CT molecular complexity index is 587. The third-order valence-corrected chi connectivity index (χ3v) is 5.46. The molecular weight excluding hydrogens is 350 g/mol. The number of hydrogen-bond donors (Lipinski definition) is 2. The number of rotatable bonds is 13. The summed E-state index contributed by atoms with van der Waals surface area (Å²) >= 11 is 5.75. The summed E-state index contributed by atoms with van der Waals surface area (Å²) in [5.41, 5.74) is 0. The fraction of sp³-hybridized carbons (Fsp3) is 0.588. The molecular formula is C17H26ClNO4S. The van der Waals surface area contributed by atoms with Gasteiger partial charge in [0.2, 0.25) is 10.0 Å². The van der Waals surface area contributed by atoms with Crippen LogP contribution in [-0.4, -0.2) is 26.0 Å². The molecule has 136 valence electrons. The highest BCUT2D eigenvalue weighted by Crippen LogP contribution is 2.14. The molecule has 0 amide bonds. The largest absolute Gasteiger partial charge is 0.481 e. The van der Waals surface area contributed by atoms with Crippen molar-refractivity contribution in [3.63, 3.8) is 0 Å². The van der Waals surface area contributed by atoms with Crippen molar-refractivity contribution in [1.82, 2.24) is 4.72 Å². The van der Waals surface area contributed by atoms with Crippen molar-refractivity contribution in [1.29, 1.82) is 0 Å². The van der Waals surface area contributed by atoms with Crippen molar-refractivity contribution < 1.29 is 18.3 Å². The van der Waals surface area contributed by atoms with Gasteiger partial charge in [0.15, 0.2) is 0 Å². The van der Waals surface area contributed by atoms with Gasteiger partial charge in [-0.1, -0.05) is 50.1 Å². The van der Waals surface area contributed by atoms with Gasteiger partial charge in [0.25, 0.3) is 0 Å². The first-order valence-electron chi connectivity index (χ1n) is 8.39. The molecule has 0 saturated heterocycles. The second-order valence-electron chi connectivity index (χ2n) is 5.82. The third kappa shape index (κ3) is 9.25. The van der Waals surface area contributed by atoms with Crippen molar-refractivity contribution in [3.8, 4) is 0 Å². The van der Waals surface area contributed by atoms with E-state index in [1.807, 2.05) is 0 Å². The smallest absolute Gasteiger partial charge is 0.303 e. The highest BCUT2D eigenvalue weighted by Gasteiger charge is 2.12. The van der Waals surface area contributed by atoms with E-state index in [1.165, 1.54) is 12.1 Å². The van der Waals surface area contributed by atoms with Crippen LogP contribution >= 0.6 is 11.6 Å². The van der Waals surface area contributed by atoms with Gasteiger partial charge in [-0.15, -0.1) is 0 Å². The minimum atomic E-state index is -3.45. The van der Waals surface area contributed by atoms with Crippen LogP contribution < -0.4 is 4.72 Å². The zero-order valence-corrected chi connectivity index (χ0v) is 15.4. The maximum absolute atomic E-state index is 12.0. The number of hydrogen-bond acceptors (Lipinski definition) is 3. The van der Waals surface area contributed by atoms with E-state index in [1.54, 1.807) is 12.1 Å². The summed E-state index contributed by atoms with van der Waals surface area (Å²) < 4.78 is 26.7. The van der Waals surface area contributed by atoms with Gasteiger partial charge >= 0.3 is 5.97 Å². The second-order valence-corrected chi connectivity index (χ2v) is 8.03. The molecule has 0 saturated carbocycles. The zero-order chi connectivity index (χ0) is 17.8. The predicted octanol–water partition coefficient (Wildman–Crippen LogP) is 4.21. The van der Waals surface area contributed by atoms with Crippen LogP contribution in [0.15, 0.2) is 29.2 Å². The number of aliphatic carboxylic acids is 1. The number of sulfonamides is 1. The van der Waals surface area contributed by atoms with Crippen molar-refractivity contribution in [2.75, 3.05) is 6.54 Å². The van der Waals surface area contributed by atoms with Crippen LogP contribution in [0, 0.1) is 0 Å². The van der Waals surface area contributed by atoms with Crippen LogP contribution in [0.5, 0.6) is 0 Å². The summed E-state index contributed by atoms with van der Waals surface area (Å²) in [4.78, 5) is 10.6. The average molecular weight is 376 g/mol. The number of carboxylic acids is 1. The maximum atomic E-state index is 12.0.